The fourth-order valence-electron chi connectivity index (χ4n) is 3.32. The van der Waals surface area contributed by atoms with Crippen LogP contribution >= 0.6 is 12.6 Å². The van der Waals surface area contributed by atoms with Crippen molar-refractivity contribution >= 4 is 36.2 Å². The van der Waals surface area contributed by atoms with Crippen LogP contribution in [0.4, 0.5) is 10.5 Å². The van der Waals surface area contributed by atoms with E-state index < -0.39 is 35.6 Å². The third-order valence-electron chi connectivity index (χ3n) is 4.90. The quantitative estimate of drug-likeness (QED) is 0.314. The monoisotopic (exact) mass is 481 g/mol. The molecule has 2 atom stereocenters. The van der Waals surface area contributed by atoms with Crippen molar-refractivity contribution in [3.05, 3.63) is 65.2 Å². The van der Waals surface area contributed by atoms with Gasteiger partial charge in [0.2, 0.25) is 0 Å². The van der Waals surface area contributed by atoms with Gasteiger partial charge in [-0.3, -0.25) is 14.5 Å². The Hall–Kier alpha value is -3.44. The number of hydrogen-bond acceptors (Lipinski definition) is 5. The van der Waals surface area contributed by atoms with Gasteiger partial charge in [0.25, 0.3) is 11.8 Å². The fourth-order valence-corrected chi connectivity index (χ4v) is 3.57. The van der Waals surface area contributed by atoms with Gasteiger partial charge in [0.15, 0.2) is 0 Å². The van der Waals surface area contributed by atoms with Gasteiger partial charge in [0, 0.05) is 17.5 Å². The third kappa shape index (κ3) is 7.03. The number of nitrogens with zero attached hydrogens (tertiary/aromatic N) is 1. The van der Waals surface area contributed by atoms with Gasteiger partial charge in [-0.05, 0) is 51.3 Å². The summed E-state index contributed by atoms with van der Waals surface area (Å²) in [5.41, 5.74) is 2.16. The highest BCUT2D eigenvalue weighted by Gasteiger charge is 2.35. The van der Waals surface area contributed by atoms with Crippen molar-refractivity contribution in [2.75, 3.05) is 11.1 Å². The van der Waals surface area contributed by atoms with Crippen molar-refractivity contribution < 1.29 is 19.1 Å². The average Bonchev–Trinajstić information content (AvgIpc) is 2.77. The molecular weight excluding hydrogens is 450 g/mol. The van der Waals surface area contributed by atoms with Crippen LogP contribution in [0.1, 0.15) is 43.5 Å². The molecule has 0 saturated heterocycles. The number of ether oxygens (including phenoxy) is 1. The summed E-state index contributed by atoms with van der Waals surface area (Å²) in [6, 6.07) is 14.5. The Morgan fingerprint density at radius 2 is 1.65 bits per heavy atom. The Morgan fingerprint density at radius 1 is 1.06 bits per heavy atom. The number of anilines is 1. The molecule has 0 fully saturated rings. The molecule has 0 heterocycles. The topological polar surface area (TPSA) is 87.7 Å². The van der Waals surface area contributed by atoms with Crippen LogP contribution in [0, 0.1) is 26.3 Å². The normalized spacial score (nSPS) is 12.6. The van der Waals surface area contributed by atoms with Gasteiger partial charge in [-0.25, -0.2) is 4.79 Å². The standard InChI is InChI=1S/C26H31N3O4S/c1-7-29(24(31)20(16-34)27-25(32)33-26(4,5)6)22(19-14-9-8-10-15-19)23(30)28-21-17(2)12-11-13-18(21)3/h1,8-15,20,22,34H,16H2,2-6H3,(H,27,32)(H,28,30). The smallest absolute Gasteiger partial charge is 0.408 e. The lowest BCUT2D eigenvalue weighted by atomic mass is 10.0. The van der Waals surface area contributed by atoms with Gasteiger partial charge in [0.1, 0.15) is 17.7 Å². The molecule has 8 heteroatoms. The molecule has 0 bridgehead atoms. The molecular formula is C26H31N3O4S. The Kier molecular flexibility index (Phi) is 9.16. The van der Waals surface area contributed by atoms with Gasteiger partial charge in [-0.1, -0.05) is 55.0 Å². The van der Waals surface area contributed by atoms with E-state index in [1.807, 2.05) is 32.0 Å². The van der Waals surface area contributed by atoms with Gasteiger partial charge < -0.3 is 15.4 Å². The lowest BCUT2D eigenvalue weighted by molar-refractivity contribution is -0.136. The molecule has 180 valence electrons. The second-order valence-electron chi connectivity index (χ2n) is 8.79. The van der Waals surface area contributed by atoms with E-state index in [-0.39, 0.29) is 5.75 Å². The van der Waals surface area contributed by atoms with Crippen LogP contribution in [0.5, 0.6) is 0 Å². The summed E-state index contributed by atoms with van der Waals surface area (Å²) in [6.07, 6.45) is 4.95. The SMILES string of the molecule is C#CN(C(=O)C(CS)NC(=O)OC(C)(C)C)C(C(=O)Nc1c(C)cccc1C)c1ccccc1. The molecule has 2 aromatic rings. The van der Waals surface area contributed by atoms with Crippen LogP contribution in [-0.4, -0.2) is 40.2 Å². The predicted molar refractivity (Wildman–Crippen MR) is 136 cm³/mol. The first-order chi connectivity index (χ1) is 16.0. The summed E-state index contributed by atoms with van der Waals surface area (Å²) < 4.78 is 5.25. The Balaban J connectivity index is 2.40. The summed E-state index contributed by atoms with van der Waals surface area (Å²) in [5.74, 6) is -1.19. The maximum atomic E-state index is 13.5. The molecule has 0 aliphatic heterocycles. The minimum Gasteiger partial charge on any atom is -0.444 e. The molecule has 0 radical (unpaired) electrons. The highest BCUT2D eigenvalue weighted by molar-refractivity contribution is 7.80. The molecule has 34 heavy (non-hydrogen) atoms. The van der Waals surface area contributed by atoms with E-state index in [1.165, 1.54) is 0 Å². The predicted octanol–water partition coefficient (Wildman–Crippen LogP) is 4.23. The molecule has 2 unspecified atom stereocenters. The van der Waals surface area contributed by atoms with Gasteiger partial charge in [-0.2, -0.15) is 12.6 Å². The summed E-state index contributed by atoms with van der Waals surface area (Å²) in [7, 11) is 0. The van der Waals surface area contributed by atoms with Crippen molar-refractivity contribution in [3.63, 3.8) is 0 Å². The fraction of sp³-hybridized carbons (Fsp3) is 0.346. The summed E-state index contributed by atoms with van der Waals surface area (Å²) in [6.45, 7) is 8.89. The molecule has 2 N–H and O–H groups in total. The van der Waals surface area contributed by atoms with Gasteiger partial charge >= 0.3 is 6.09 Å². The zero-order valence-corrected chi connectivity index (χ0v) is 21.0. The Morgan fingerprint density at radius 3 is 2.15 bits per heavy atom. The highest BCUT2D eigenvalue weighted by Crippen LogP contribution is 2.26. The van der Waals surface area contributed by atoms with E-state index in [0.717, 1.165) is 16.0 Å². The maximum Gasteiger partial charge on any atom is 0.408 e. The Labute approximate surface area is 206 Å². The number of hydrogen-bond donors (Lipinski definition) is 3. The average molecular weight is 482 g/mol. The first kappa shape index (κ1) is 26.8. The van der Waals surface area contributed by atoms with Gasteiger partial charge in [0.05, 0.1) is 0 Å². The number of thiol groups is 1. The number of para-hydroxylation sites is 1. The minimum absolute atomic E-state index is 0.0454. The zero-order valence-electron chi connectivity index (χ0n) is 20.1. The van der Waals surface area contributed by atoms with Crippen LogP contribution in [0.15, 0.2) is 48.5 Å². The first-order valence-corrected chi connectivity index (χ1v) is 11.4. The number of aryl methyl sites for hydroxylation is 2. The van der Waals surface area contributed by atoms with E-state index in [2.05, 4.69) is 29.3 Å². The number of nitrogens with one attached hydrogen (secondary N) is 2. The molecule has 0 saturated carbocycles. The summed E-state index contributed by atoms with van der Waals surface area (Å²) in [5, 5.41) is 5.41. The molecule has 3 amide bonds. The van der Waals surface area contributed by atoms with E-state index in [0.29, 0.717) is 11.3 Å². The van der Waals surface area contributed by atoms with Gasteiger partial charge in [-0.15, -0.1) is 0 Å². The number of alkyl carbamates (subject to hydrolysis) is 1. The van der Waals surface area contributed by atoms with Crippen molar-refractivity contribution in [1.29, 1.82) is 0 Å². The van der Waals surface area contributed by atoms with E-state index >= 15 is 0 Å². The number of amides is 3. The maximum absolute atomic E-state index is 13.5. The summed E-state index contributed by atoms with van der Waals surface area (Å²) >= 11 is 4.20. The van der Waals surface area contributed by atoms with Crippen molar-refractivity contribution in [2.24, 2.45) is 0 Å². The van der Waals surface area contributed by atoms with Crippen LogP contribution < -0.4 is 10.6 Å². The second kappa shape index (κ2) is 11.6. The molecule has 0 aliphatic rings. The van der Waals surface area contributed by atoms with E-state index in [9.17, 15) is 14.4 Å². The zero-order chi connectivity index (χ0) is 25.5. The number of carbonyl (C=O) groups is 3. The van der Waals surface area contributed by atoms with Crippen molar-refractivity contribution in [2.45, 2.75) is 52.3 Å². The van der Waals surface area contributed by atoms with Crippen LogP contribution in [0.25, 0.3) is 0 Å². The van der Waals surface area contributed by atoms with Crippen LogP contribution in [0.2, 0.25) is 0 Å². The number of terminal acetylenes is 1. The molecule has 2 rings (SSSR count). The van der Waals surface area contributed by atoms with Crippen molar-refractivity contribution in [3.8, 4) is 12.5 Å². The van der Waals surface area contributed by atoms with Crippen molar-refractivity contribution in [1.82, 2.24) is 10.2 Å². The van der Waals surface area contributed by atoms with Crippen LogP contribution in [-0.2, 0) is 14.3 Å². The highest BCUT2D eigenvalue weighted by atomic mass is 32.1. The molecule has 2 aromatic carbocycles. The number of benzene rings is 2. The lowest BCUT2D eigenvalue weighted by Crippen LogP contribution is -2.51. The first-order valence-electron chi connectivity index (χ1n) is 10.8. The number of rotatable bonds is 7. The minimum atomic E-state index is -1.14. The molecule has 0 aromatic heterocycles. The largest absolute Gasteiger partial charge is 0.444 e. The molecule has 0 aliphatic carbocycles. The number of carbonyl (C=O) groups excluding carboxylic acids is 3. The van der Waals surface area contributed by atoms with Crippen LogP contribution in [0.3, 0.4) is 0 Å². The second-order valence-corrected chi connectivity index (χ2v) is 9.15. The Bertz CT molecular complexity index is 1050. The third-order valence-corrected chi connectivity index (χ3v) is 5.26. The molecule has 7 nitrogen and oxygen atoms in total. The summed E-state index contributed by atoms with van der Waals surface area (Å²) in [4.78, 5) is 40.2. The molecule has 0 spiro atoms. The van der Waals surface area contributed by atoms with E-state index in [1.54, 1.807) is 51.1 Å². The lowest BCUT2D eigenvalue weighted by Gasteiger charge is -2.30. The van der Waals surface area contributed by atoms with E-state index in [4.69, 9.17) is 11.2 Å².